The van der Waals surface area contributed by atoms with Crippen LogP contribution in [0.25, 0.3) is 77.3 Å². The molecule has 0 amide bonds. The zero-order valence-corrected chi connectivity index (χ0v) is 29.3. The average Bonchev–Trinajstić information content (AvgIpc) is 3.80. The minimum atomic E-state index is -0.615. The van der Waals surface area contributed by atoms with E-state index >= 15 is 17.6 Å². The molecule has 0 atom stereocenters. The summed E-state index contributed by atoms with van der Waals surface area (Å²) >= 11 is 0. The number of halogens is 4. The molecule has 0 bridgehead atoms. The highest BCUT2D eigenvalue weighted by molar-refractivity contribution is 6.10. The van der Waals surface area contributed by atoms with Gasteiger partial charge in [-0.2, -0.15) is 0 Å². The summed E-state index contributed by atoms with van der Waals surface area (Å²) in [6.45, 7) is 0. The summed E-state index contributed by atoms with van der Waals surface area (Å²) in [5.74, 6) is -2.41. The van der Waals surface area contributed by atoms with Crippen LogP contribution in [0.5, 0.6) is 0 Å². The van der Waals surface area contributed by atoms with Gasteiger partial charge in [0.1, 0.15) is 45.6 Å². The van der Waals surface area contributed by atoms with E-state index in [9.17, 15) is 0 Å². The molecule has 56 heavy (non-hydrogen) atoms. The highest BCUT2D eigenvalue weighted by Gasteiger charge is 2.19. The summed E-state index contributed by atoms with van der Waals surface area (Å²) in [6, 6.07) is 45.1. The van der Waals surface area contributed by atoms with Crippen molar-refractivity contribution in [1.82, 2.24) is 0 Å². The Kier molecular flexibility index (Phi) is 7.85. The van der Waals surface area contributed by atoms with E-state index < -0.39 is 23.3 Å². The minimum Gasteiger partial charge on any atom is -0.455 e. The van der Waals surface area contributed by atoms with Gasteiger partial charge in [-0.25, -0.2) is 17.6 Å². The highest BCUT2D eigenvalue weighted by atomic mass is 19.1. The summed E-state index contributed by atoms with van der Waals surface area (Å²) in [5, 5.41) is 9.44. The van der Waals surface area contributed by atoms with E-state index in [0.717, 1.165) is 44.8 Å². The molecule has 0 radical (unpaired) electrons. The largest absolute Gasteiger partial charge is 0.455 e. The molecule has 0 saturated carbocycles. The first-order valence-corrected chi connectivity index (χ1v) is 17.9. The number of hydrogen-bond acceptors (Lipinski definition) is 4. The van der Waals surface area contributed by atoms with Crippen molar-refractivity contribution in [3.05, 3.63) is 181 Å². The minimum absolute atomic E-state index is 0.00510. The van der Waals surface area contributed by atoms with Gasteiger partial charge in [0, 0.05) is 67.3 Å². The molecule has 0 aliphatic rings. The van der Waals surface area contributed by atoms with Crippen molar-refractivity contribution >= 4 is 66.6 Å². The summed E-state index contributed by atoms with van der Waals surface area (Å²) < 4.78 is 74.2. The Hall–Kier alpha value is -7.32. The third-order valence-electron chi connectivity index (χ3n) is 10.2. The molecular formula is C48H28F4N2O2. The highest BCUT2D eigenvalue weighted by Crippen LogP contribution is 2.40. The molecule has 10 rings (SSSR count). The molecule has 2 N–H and O–H groups in total. The van der Waals surface area contributed by atoms with Crippen LogP contribution in [0.1, 0.15) is 0 Å². The van der Waals surface area contributed by atoms with Gasteiger partial charge in [-0.1, -0.05) is 97.1 Å². The van der Waals surface area contributed by atoms with Gasteiger partial charge in [-0.15, -0.1) is 0 Å². The first kappa shape index (κ1) is 33.3. The molecule has 0 aliphatic heterocycles. The Balaban J connectivity index is 0.849. The van der Waals surface area contributed by atoms with Gasteiger partial charge in [0.15, 0.2) is 0 Å². The van der Waals surface area contributed by atoms with Gasteiger partial charge in [0.2, 0.25) is 0 Å². The van der Waals surface area contributed by atoms with Crippen LogP contribution in [-0.4, -0.2) is 0 Å². The second-order valence-electron chi connectivity index (χ2n) is 13.6. The molecule has 0 unspecified atom stereocenters. The topological polar surface area (TPSA) is 50.3 Å². The van der Waals surface area contributed by atoms with Gasteiger partial charge < -0.3 is 19.5 Å². The van der Waals surface area contributed by atoms with E-state index in [4.69, 9.17) is 8.83 Å². The van der Waals surface area contributed by atoms with E-state index in [2.05, 4.69) is 10.6 Å². The van der Waals surface area contributed by atoms with Crippen LogP contribution in [0, 0.1) is 23.3 Å². The zero-order chi connectivity index (χ0) is 37.9. The molecule has 0 aliphatic carbocycles. The first-order valence-electron chi connectivity index (χ1n) is 17.9. The van der Waals surface area contributed by atoms with E-state index in [1.165, 1.54) is 12.1 Å². The third-order valence-corrected chi connectivity index (χ3v) is 10.2. The Labute approximate surface area is 317 Å². The van der Waals surface area contributed by atoms with Gasteiger partial charge in [-0.05, 0) is 59.7 Å². The van der Waals surface area contributed by atoms with Gasteiger partial charge in [0.05, 0.1) is 11.4 Å². The molecule has 0 fully saturated rings. The van der Waals surface area contributed by atoms with Crippen LogP contribution in [0.15, 0.2) is 167 Å². The van der Waals surface area contributed by atoms with Crippen LogP contribution < -0.4 is 10.6 Å². The van der Waals surface area contributed by atoms with Crippen LogP contribution >= 0.6 is 0 Å². The standard InChI is InChI=1S/C48H28F4N2O2/c49-39-25-43(41(51)23-37(39)35-11-5-9-33-31-7-1-3-13-45(31)55-47(33)35)53-29-19-15-27(16-20-29)28-17-21-30(22-18-28)54-44-26-40(50)38(24-42(44)52)36-12-6-10-34-32-8-2-4-14-46(32)56-48(34)36/h1-26,53-54H. The molecular weight excluding hydrogens is 713 g/mol. The second kappa shape index (κ2) is 13.2. The number of fused-ring (bicyclic) bond motifs is 6. The number of furan rings is 2. The first-order chi connectivity index (χ1) is 27.4. The zero-order valence-electron chi connectivity index (χ0n) is 29.3. The third kappa shape index (κ3) is 5.70. The summed E-state index contributed by atoms with van der Waals surface area (Å²) in [7, 11) is 0. The monoisotopic (exact) mass is 740 g/mol. The lowest BCUT2D eigenvalue weighted by Gasteiger charge is -2.13. The predicted octanol–water partition coefficient (Wildman–Crippen LogP) is 14.5. The number of benzene rings is 8. The number of nitrogens with one attached hydrogen (secondary N) is 2. The quantitative estimate of drug-likeness (QED) is 0.160. The number of anilines is 4. The Morgan fingerprint density at radius 1 is 0.339 bits per heavy atom. The second-order valence-corrected chi connectivity index (χ2v) is 13.6. The predicted molar refractivity (Wildman–Crippen MR) is 217 cm³/mol. The van der Waals surface area contributed by atoms with E-state index in [1.54, 1.807) is 48.5 Å². The molecule has 4 nitrogen and oxygen atoms in total. The van der Waals surface area contributed by atoms with Crippen molar-refractivity contribution < 1.29 is 26.4 Å². The Bertz CT molecular complexity index is 2920. The van der Waals surface area contributed by atoms with Crippen molar-refractivity contribution in [2.75, 3.05) is 10.6 Å². The average molecular weight is 741 g/mol. The molecule has 8 aromatic carbocycles. The van der Waals surface area contributed by atoms with Crippen LogP contribution in [0.2, 0.25) is 0 Å². The van der Waals surface area contributed by atoms with E-state index in [0.29, 0.717) is 44.8 Å². The van der Waals surface area contributed by atoms with Gasteiger partial charge >= 0.3 is 0 Å². The molecule has 270 valence electrons. The molecule has 2 aromatic heterocycles. The van der Waals surface area contributed by atoms with Crippen LogP contribution in [0.3, 0.4) is 0 Å². The fourth-order valence-electron chi connectivity index (χ4n) is 7.42. The van der Waals surface area contributed by atoms with Crippen molar-refractivity contribution in [2.45, 2.75) is 0 Å². The van der Waals surface area contributed by atoms with E-state index in [1.807, 2.05) is 84.9 Å². The maximum absolute atomic E-state index is 15.6. The van der Waals surface area contributed by atoms with Gasteiger partial charge in [0.25, 0.3) is 0 Å². The fourth-order valence-corrected chi connectivity index (χ4v) is 7.42. The molecule has 10 aromatic rings. The van der Waals surface area contributed by atoms with Crippen molar-refractivity contribution in [3.8, 4) is 33.4 Å². The molecule has 2 heterocycles. The molecule has 8 heteroatoms. The van der Waals surface area contributed by atoms with Crippen molar-refractivity contribution in [3.63, 3.8) is 0 Å². The lowest BCUT2D eigenvalue weighted by Crippen LogP contribution is -1.97. The Morgan fingerprint density at radius 3 is 1.16 bits per heavy atom. The maximum atomic E-state index is 15.6. The number of rotatable bonds is 7. The number of hydrogen-bond donors (Lipinski definition) is 2. The Morgan fingerprint density at radius 2 is 0.732 bits per heavy atom. The summed E-state index contributed by atoms with van der Waals surface area (Å²) in [5.41, 5.74) is 6.34. The maximum Gasteiger partial charge on any atom is 0.147 e. The van der Waals surface area contributed by atoms with Crippen LogP contribution in [-0.2, 0) is 0 Å². The van der Waals surface area contributed by atoms with Crippen molar-refractivity contribution in [1.29, 1.82) is 0 Å². The normalized spacial score (nSPS) is 11.6. The molecule has 0 spiro atoms. The summed E-state index contributed by atoms with van der Waals surface area (Å²) in [6.07, 6.45) is 0. The molecule has 0 saturated heterocycles. The van der Waals surface area contributed by atoms with Gasteiger partial charge in [-0.3, -0.25) is 0 Å². The summed E-state index contributed by atoms with van der Waals surface area (Å²) in [4.78, 5) is 0. The lowest BCUT2D eigenvalue weighted by atomic mass is 10.0. The number of para-hydroxylation sites is 4. The van der Waals surface area contributed by atoms with Crippen molar-refractivity contribution in [2.24, 2.45) is 0 Å². The van der Waals surface area contributed by atoms with E-state index in [-0.39, 0.29) is 22.5 Å². The smallest absolute Gasteiger partial charge is 0.147 e. The SMILES string of the molecule is Fc1cc(-c2cccc3c2oc2ccccc23)c(F)cc1Nc1ccc(-c2ccc(Nc3cc(F)c(-c4cccc5c4oc4ccccc45)cc3F)cc2)cc1. The van der Waals surface area contributed by atoms with Crippen LogP contribution in [0.4, 0.5) is 40.3 Å². The fraction of sp³-hybridized carbons (Fsp3) is 0. The lowest BCUT2D eigenvalue weighted by molar-refractivity contribution is 0.606.